The Bertz CT molecular complexity index is 338. The summed E-state index contributed by atoms with van der Waals surface area (Å²) in [5, 5.41) is 3.25. The molecule has 0 aliphatic carbocycles. The van der Waals surface area contributed by atoms with Crippen LogP contribution in [0.4, 0.5) is 0 Å². The molecule has 0 saturated heterocycles. The Morgan fingerprint density at radius 2 is 2.33 bits per heavy atom. The molecule has 82 valence electrons. The molecule has 1 aromatic carbocycles. The van der Waals surface area contributed by atoms with Gasteiger partial charge in [-0.15, -0.1) is 11.8 Å². The van der Waals surface area contributed by atoms with Gasteiger partial charge >= 0.3 is 0 Å². The predicted octanol–water partition coefficient (Wildman–Crippen LogP) is 3.71. The number of thioether (sulfide) groups is 1. The summed E-state index contributed by atoms with van der Waals surface area (Å²) in [4.78, 5) is 1.28. The fourth-order valence-electron chi connectivity index (χ4n) is 1.21. The molecule has 0 amide bonds. The van der Waals surface area contributed by atoms with Crippen molar-refractivity contribution in [2.75, 3.05) is 12.8 Å². The van der Waals surface area contributed by atoms with Gasteiger partial charge in [-0.05, 0) is 32.2 Å². The second kappa shape index (κ2) is 6.36. The topological polar surface area (TPSA) is 12.0 Å². The van der Waals surface area contributed by atoms with E-state index in [1.165, 1.54) is 10.5 Å². The van der Waals surface area contributed by atoms with Gasteiger partial charge in [-0.1, -0.05) is 34.1 Å². The fraction of sp³-hybridized carbons (Fsp3) is 0.333. The molecule has 1 nitrogen and oxygen atoms in total. The molecule has 0 bridgehead atoms. The van der Waals surface area contributed by atoms with Gasteiger partial charge in [0.1, 0.15) is 0 Å². The van der Waals surface area contributed by atoms with E-state index in [0.29, 0.717) is 6.04 Å². The molecule has 0 radical (unpaired) electrons. The normalized spacial score (nSPS) is 12.5. The lowest BCUT2D eigenvalue weighted by Crippen LogP contribution is -2.28. The van der Waals surface area contributed by atoms with E-state index >= 15 is 0 Å². The molecule has 1 unspecified atom stereocenters. The third-order valence-corrected chi connectivity index (χ3v) is 3.74. The Balaban J connectivity index is 2.52. The van der Waals surface area contributed by atoms with Crippen molar-refractivity contribution in [2.45, 2.75) is 17.9 Å². The fourth-order valence-corrected chi connectivity index (χ4v) is 2.95. The quantitative estimate of drug-likeness (QED) is 0.654. The van der Waals surface area contributed by atoms with Crippen LogP contribution in [-0.4, -0.2) is 18.8 Å². The monoisotopic (exact) mass is 285 g/mol. The summed E-state index contributed by atoms with van der Waals surface area (Å²) in [5.41, 5.74) is 1.18. The van der Waals surface area contributed by atoms with Gasteiger partial charge in [0.05, 0.1) is 0 Å². The third kappa shape index (κ3) is 4.41. The Morgan fingerprint density at radius 3 is 2.87 bits per heavy atom. The number of halogens is 1. The maximum absolute atomic E-state index is 3.97. The zero-order chi connectivity index (χ0) is 11.3. The van der Waals surface area contributed by atoms with Crippen LogP contribution in [0.3, 0.4) is 0 Å². The van der Waals surface area contributed by atoms with Crippen molar-refractivity contribution in [1.29, 1.82) is 0 Å². The number of hydrogen-bond donors (Lipinski definition) is 1. The Hall–Kier alpha value is -0.250. The highest BCUT2D eigenvalue weighted by atomic mass is 79.9. The van der Waals surface area contributed by atoms with Crippen molar-refractivity contribution >= 4 is 27.7 Å². The molecule has 3 heteroatoms. The number of rotatable bonds is 5. The molecule has 1 aromatic rings. The van der Waals surface area contributed by atoms with Crippen molar-refractivity contribution in [1.82, 2.24) is 5.32 Å². The van der Waals surface area contributed by atoms with Crippen LogP contribution in [0.25, 0.3) is 0 Å². The van der Waals surface area contributed by atoms with Gasteiger partial charge in [0.25, 0.3) is 0 Å². The summed E-state index contributed by atoms with van der Waals surface area (Å²) < 4.78 is 1.13. The van der Waals surface area contributed by atoms with E-state index in [1.807, 2.05) is 24.9 Å². The van der Waals surface area contributed by atoms with E-state index in [-0.39, 0.29) is 0 Å². The lowest BCUT2D eigenvalue weighted by molar-refractivity contribution is 0.703. The third-order valence-electron chi connectivity index (χ3n) is 2.16. The van der Waals surface area contributed by atoms with Crippen LogP contribution < -0.4 is 5.32 Å². The zero-order valence-electron chi connectivity index (χ0n) is 9.09. The van der Waals surface area contributed by atoms with Crippen molar-refractivity contribution in [3.63, 3.8) is 0 Å². The minimum absolute atomic E-state index is 0.383. The molecule has 1 atom stereocenters. The van der Waals surface area contributed by atoms with E-state index in [0.717, 1.165) is 10.2 Å². The van der Waals surface area contributed by atoms with Crippen LogP contribution >= 0.6 is 27.7 Å². The van der Waals surface area contributed by atoms with Crippen molar-refractivity contribution in [3.05, 3.63) is 40.9 Å². The van der Waals surface area contributed by atoms with Gasteiger partial charge in [0, 0.05) is 21.2 Å². The second-order valence-corrected chi connectivity index (χ2v) is 5.47. The number of benzene rings is 1. The minimum atomic E-state index is 0.383. The molecule has 0 aromatic heterocycles. The van der Waals surface area contributed by atoms with Crippen LogP contribution in [0, 0.1) is 0 Å². The molecular weight excluding hydrogens is 270 g/mol. The molecule has 1 N–H and O–H groups in total. The predicted molar refractivity (Wildman–Crippen MR) is 72.5 cm³/mol. The van der Waals surface area contributed by atoms with E-state index in [9.17, 15) is 0 Å². The lowest BCUT2D eigenvalue weighted by atomic mass is 10.2. The van der Waals surface area contributed by atoms with Gasteiger partial charge in [-0.2, -0.15) is 0 Å². The first-order valence-electron chi connectivity index (χ1n) is 4.84. The summed E-state index contributed by atoms with van der Waals surface area (Å²) in [6.07, 6.45) is 0. The molecule has 0 aliphatic rings. The van der Waals surface area contributed by atoms with E-state index in [4.69, 9.17) is 0 Å². The molecule has 0 spiro atoms. The highest BCUT2D eigenvalue weighted by molar-refractivity contribution is 9.10. The molecule has 1 rings (SSSR count). The first-order valence-corrected chi connectivity index (χ1v) is 6.62. The molecule has 0 heterocycles. The van der Waals surface area contributed by atoms with Crippen molar-refractivity contribution in [3.8, 4) is 0 Å². The smallest absolute Gasteiger partial charge is 0.0366 e. The average molecular weight is 286 g/mol. The summed E-state index contributed by atoms with van der Waals surface area (Å²) in [6, 6.07) is 8.74. The van der Waals surface area contributed by atoms with E-state index in [1.54, 1.807) is 0 Å². The minimum Gasteiger partial charge on any atom is -0.313 e. The van der Waals surface area contributed by atoms with E-state index < -0.39 is 0 Å². The Labute approximate surface area is 104 Å². The van der Waals surface area contributed by atoms with Gasteiger partial charge in [0.2, 0.25) is 0 Å². The molecule has 15 heavy (non-hydrogen) atoms. The first kappa shape index (κ1) is 12.8. The first-order chi connectivity index (χ1) is 7.13. The van der Waals surface area contributed by atoms with Crippen LogP contribution in [0.15, 0.2) is 45.8 Å². The summed E-state index contributed by atoms with van der Waals surface area (Å²) in [5.74, 6) is 1.02. The lowest BCUT2D eigenvalue weighted by Gasteiger charge is -2.15. The van der Waals surface area contributed by atoms with Gasteiger partial charge in [0.15, 0.2) is 0 Å². The van der Waals surface area contributed by atoms with Gasteiger partial charge in [-0.3, -0.25) is 0 Å². The van der Waals surface area contributed by atoms with E-state index in [2.05, 4.69) is 52.9 Å². The maximum Gasteiger partial charge on any atom is 0.0366 e. The Kier molecular flexibility index (Phi) is 5.43. The summed E-state index contributed by atoms with van der Waals surface area (Å²) >= 11 is 5.31. The van der Waals surface area contributed by atoms with Crippen LogP contribution in [0.5, 0.6) is 0 Å². The molecule has 0 aliphatic heterocycles. The number of hydrogen-bond acceptors (Lipinski definition) is 2. The molecule has 0 saturated carbocycles. The average Bonchev–Trinajstić information content (AvgIpc) is 2.18. The number of nitrogens with one attached hydrogen (secondary N) is 1. The van der Waals surface area contributed by atoms with Crippen molar-refractivity contribution in [2.24, 2.45) is 0 Å². The van der Waals surface area contributed by atoms with Gasteiger partial charge < -0.3 is 5.32 Å². The van der Waals surface area contributed by atoms with Crippen LogP contribution in [0.1, 0.15) is 6.92 Å². The summed E-state index contributed by atoms with van der Waals surface area (Å²) in [7, 11) is 1.97. The van der Waals surface area contributed by atoms with Crippen molar-refractivity contribution < 1.29 is 0 Å². The zero-order valence-corrected chi connectivity index (χ0v) is 11.5. The maximum atomic E-state index is 3.97. The Morgan fingerprint density at radius 1 is 1.60 bits per heavy atom. The molecular formula is C12H16BrNS. The largest absolute Gasteiger partial charge is 0.313 e. The molecule has 0 fully saturated rings. The second-order valence-electron chi connectivity index (χ2n) is 3.46. The van der Waals surface area contributed by atoms with Crippen LogP contribution in [-0.2, 0) is 0 Å². The summed E-state index contributed by atoms with van der Waals surface area (Å²) in [6.45, 7) is 6.03. The SMILES string of the molecule is C=C(C)C(CSc1cccc(Br)c1)NC. The van der Waals surface area contributed by atoms with Gasteiger partial charge in [-0.25, -0.2) is 0 Å². The standard InChI is InChI=1S/C12H16BrNS/c1-9(2)12(14-3)8-15-11-6-4-5-10(13)7-11/h4-7,12,14H,1,8H2,2-3H3. The highest BCUT2D eigenvalue weighted by Gasteiger charge is 2.06. The van der Waals surface area contributed by atoms with Crippen LogP contribution in [0.2, 0.25) is 0 Å². The number of likely N-dealkylation sites (N-methyl/N-ethyl adjacent to an activating group) is 1. The highest BCUT2D eigenvalue weighted by Crippen LogP contribution is 2.23.